The molecule has 2 aliphatic rings. The van der Waals surface area contributed by atoms with Crippen molar-refractivity contribution >= 4 is 27.7 Å². The standard InChI is InChI=1S/C19H19BrN4O4S/c1-25-17-15(23-24-21)16-14(10-26-18(28-16)11-5-3-2-4-6-11)27-19(17)29-13-7-12(20)8-22-9-13/h2-9,14-19H,10H2,1H3/t14?,15-,16-,17?,18?,19+/m0/s1. The average molecular weight is 479 g/mol. The van der Waals surface area contributed by atoms with E-state index in [-0.39, 0.29) is 6.10 Å². The lowest BCUT2D eigenvalue weighted by Crippen LogP contribution is -2.60. The van der Waals surface area contributed by atoms with Crippen molar-refractivity contribution in [2.75, 3.05) is 13.7 Å². The predicted molar refractivity (Wildman–Crippen MR) is 110 cm³/mol. The number of rotatable bonds is 5. The summed E-state index contributed by atoms with van der Waals surface area (Å²) in [7, 11) is 1.58. The Kier molecular flexibility index (Phi) is 6.71. The first kappa shape index (κ1) is 20.6. The largest absolute Gasteiger partial charge is 0.377 e. The highest BCUT2D eigenvalue weighted by Crippen LogP contribution is 2.41. The second kappa shape index (κ2) is 9.44. The molecule has 0 N–H and O–H groups in total. The Balaban J connectivity index is 1.57. The summed E-state index contributed by atoms with van der Waals surface area (Å²) in [6.45, 7) is 0.325. The second-order valence-corrected chi connectivity index (χ2v) is 8.66. The molecule has 0 radical (unpaired) electrons. The van der Waals surface area contributed by atoms with Crippen LogP contribution in [-0.4, -0.2) is 48.5 Å². The van der Waals surface area contributed by atoms with Gasteiger partial charge in [-0.3, -0.25) is 4.98 Å². The predicted octanol–water partition coefficient (Wildman–Crippen LogP) is 4.47. The third-order valence-corrected chi connectivity index (χ3v) is 6.31. The Morgan fingerprint density at radius 1 is 1.28 bits per heavy atom. The van der Waals surface area contributed by atoms with Gasteiger partial charge in [-0.2, -0.15) is 0 Å². The minimum atomic E-state index is -0.559. The Labute approximate surface area is 180 Å². The van der Waals surface area contributed by atoms with E-state index in [1.54, 1.807) is 19.5 Å². The summed E-state index contributed by atoms with van der Waals surface area (Å²) in [5.41, 5.74) is 9.66. The second-order valence-electron chi connectivity index (χ2n) is 6.57. The quantitative estimate of drug-likeness (QED) is 0.357. The maximum absolute atomic E-state index is 9.17. The fourth-order valence-electron chi connectivity index (χ4n) is 3.47. The van der Waals surface area contributed by atoms with E-state index < -0.39 is 30.0 Å². The van der Waals surface area contributed by atoms with E-state index in [0.717, 1.165) is 14.9 Å². The minimum absolute atomic E-state index is 0.325. The number of thioether (sulfide) groups is 1. The van der Waals surface area contributed by atoms with E-state index in [1.165, 1.54) is 11.8 Å². The summed E-state index contributed by atoms with van der Waals surface area (Å²) in [5.74, 6) is 0. The first-order valence-electron chi connectivity index (χ1n) is 9.01. The zero-order valence-electron chi connectivity index (χ0n) is 15.5. The number of hydrogen-bond acceptors (Lipinski definition) is 7. The number of fused-ring (bicyclic) bond motifs is 1. The number of halogens is 1. The van der Waals surface area contributed by atoms with Crippen molar-refractivity contribution in [1.29, 1.82) is 0 Å². The molecule has 2 saturated heterocycles. The van der Waals surface area contributed by atoms with Gasteiger partial charge < -0.3 is 18.9 Å². The maximum atomic E-state index is 9.17. The van der Waals surface area contributed by atoms with E-state index >= 15 is 0 Å². The lowest BCUT2D eigenvalue weighted by Gasteiger charge is -2.47. The van der Waals surface area contributed by atoms with Gasteiger partial charge in [-0.1, -0.05) is 47.2 Å². The molecular weight excluding hydrogens is 460 g/mol. The smallest absolute Gasteiger partial charge is 0.184 e. The van der Waals surface area contributed by atoms with Crippen LogP contribution in [0, 0.1) is 0 Å². The Morgan fingerprint density at radius 3 is 2.83 bits per heavy atom. The number of benzene rings is 1. The van der Waals surface area contributed by atoms with Crippen molar-refractivity contribution < 1.29 is 18.9 Å². The van der Waals surface area contributed by atoms with Crippen LogP contribution in [0.15, 0.2) is 63.3 Å². The maximum Gasteiger partial charge on any atom is 0.184 e. The number of aromatic nitrogens is 1. The molecule has 10 heteroatoms. The minimum Gasteiger partial charge on any atom is -0.377 e. The van der Waals surface area contributed by atoms with Crippen molar-refractivity contribution in [1.82, 2.24) is 4.98 Å². The first-order valence-corrected chi connectivity index (χ1v) is 10.7. The summed E-state index contributed by atoms with van der Waals surface area (Å²) < 4.78 is 24.9. The highest BCUT2D eigenvalue weighted by Gasteiger charge is 2.50. The van der Waals surface area contributed by atoms with Crippen LogP contribution < -0.4 is 0 Å². The normalized spacial score (nSPS) is 31.5. The summed E-state index contributed by atoms with van der Waals surface area (Å²) in [4.78, 5) is 8.13. The lowest BCUT2D eigenvalue weighted by molar-refractivity contribution is -0.298. The average Bonchev–Trinajstić information content (AvgIpc) is 2.74. The number of ether oxygens (including phenoxy) is 4. The molecule has 1 aromatic heterocycles. The van der Waals surface area contributed by atoms with Gasteiger partial charge in [-0.15, -0.1) is 0 Å². The summed E-state index contributed by atoms with van der Waals surface area (Å²) >= 11 is 4.89. The number of azide groups is 1. The molecule has 1 aromatic carbocycles. The molecule has 152 valence electrons. The van der Waals surface area contributed by atoms with Crippen molar-refractivity contribution in [2.45, 2.75) is 41.0 Å². The number of pyridine rings is 1. The molecule has 29 heavy (non-hydrogen) atoms. The highest BCUT2D eigenvalue weighted by molar-refractivity contribution is 9.10. The monoisotopic (exact) mass is 478 g/mol. The summed E-state index contributed by atoms with van der Waals surface area (Å²) in [5, 5.41) is 4.01. The number of methoxy groups -OCH3 is 1. The van der Waals surface area contributed by atoms with Crippen LogP contribution in [-0.2, 0) is 18.9 Å². The van der Waals surface area contributed by atoms with E-state index in [2.05, 4.69) is 30.9 Å². The van der Waals surface area contributed by atoms with Gasteiger partial charge in [-0.25, -0.2) is 0 Å². The fraction of sp³-hybridized carbons (Fsp3) is 0.421. The van der Waals surface area contributed by atoms with Gasteiger partial charge in [-0.05, 0) is 27.5 Å². The molecule has 6 atom stereocenters. The molecule has 0 saturated carbocycles. The Morgan fingerprint density at radius 2 is 2.10 bits per heavy atom. The van der Waals surface area contributed by atoms with E-state index in [4.69, 9.17) is 24.5 Å². The highest BCUT2D eigenvalue weighted by atomic mass is 79.9. The summed E-state index contributed by atoms with van der Waals surface area (Å²) in [6, 6.07) is 11.0. The van der Waals surface area contributed by atoms with E-state index in [1.807, 2.05) is 36.4 Å². The molecule has 3 unspecified atom stereocenters. The van der Waals surface area contributed by atoms with Crippen LogP contribution in [0.25, 0.3) is 10.4 Å². The van der Waals surface area contributed by atoms with Crippen LogP contribution in [0.3, 0.4) is 0 Å². The third-order valence-electron chi connectivity index (χ3n) is 4.77. The number of hydrogen-bond donors (Lipinski definition) is 0. The molecule has 4 rings (SSSR count). The van der Waals surface area contributed by atoms with Gasteiger partial charge in [0.2, 0.25) is 0 Å². The van der Waals surface area contributed by atoms with E-state index in [0.29, 0.717) is 6.61 Å². The van der Waals surface area contributed by atoms with Gasteiger partial charge in [0.25, 0.3) is 0 Å². The molecule has 2 fully saturated rings. The van der Waals surface area contributed by atoms with Crippen molar-refractivity contribution in [3.8, 4) is 0 Å². The zero-order chi connectivity index (χ0) is 20.2. The van der Waals surface area contributed by atoms with Crippen molar-refractivity contribution in [2.24, 2.45) is 5.11 Å². The molecule has 0 aliphatic carbocycles. The van der Waals surface area contributed by atoms with Crippen LogP contribution >= 0.6 is 27.7 Å². The Hall–Kier alpha value is -1.65. The molecule has 3 heterocycles. The van der Waals surface area contributed by atoms with Crippen LogP contribution in [0.2, 0.25) is 0 Å². The zero-order valence-corrected chi connectivity index (χ0v) is 17.9. The van der Waals surface area contributed by atoms with Crippen molar-refractivity contribution in [3.63, 3.8) is 0 Å². The molecule has 2 aromatic rings. The van der Waals surface area contributed by atoms with Gasteiger partial charge >= 0.3 is 0 Å². The van der Waals surface area contributed by atoms with Crippen molar-refractivity contribution in [3.05, 3.63) is 69.3 Å². The molecular formula is C19H19BrN4O4S. The molecule has 0 spiro atoms. The molecule has 8 nitrogen and oxygen atoms in total. The van der Waals surface area contributed by atoms with Gasteiger partial charge in [0.15, 0.2) is 6.29 Å². The van der Waals surface area contributed by atoms with Crippen LogP contribution in [0.4, 0.5) is 0 Å². The van der Waals surface area contributed by atoms with Gasteiger partial charge in [0.1, 0.15) is 23.7 Å². The summed E-state index contributed by atoms with van der Waals surface area (Å²) in [6.07, 6.45) is 1.56. The van der Waals surface area contributed by atoms with Gasteiger partial charge in [0.05, 0.1) is 12.6 Å². The topological polar surface area (TPSA) is 98.6 Å². The van der Waals surface area contributed by atoms with E-state index in [9.17, 15) is 0 Å². The molecule has 0 amide bonds. The van der Waals surface area contributed by atoms with Crippen LogP contribution in [0.5, 0.6) is 0 Å². The third kappa shape index (κ3) is 4.59. The number of nitrogens with zero attached hydrogens (tertiary/aromatic N) is 4. The molecule has 2 aliphatic heterocycles. The first-order chi connectivity index (χ1) is 14.2. The van der Waals surface area contributed by atoms with Crippen LogP contribution in [0.1, 0.15) is 11.9 Å². The lowest BCUT2D eigenvalue weighted by atomic mass is 9.96. The molecule has 0 bridgehead atoms. The van der Waals surface area contributed by atoms with Gasteiger partial charge in [0, 0.05) is 39.3 Å². The fourth-order valence-corrected chi connectivity index (χ4v) is 5.18. The Bertz CT molecular complexity index is 886. The SMILES string of the molecule is COC1[C@@H](Sc2cncc(Br)c2)OC2COC(c3ccccc3)O[C@@H]2[C@@H]1N=[N+]=[N-].